The van der Waals surface area contributed by atoms with Gasteiger partial charge in [-0.3, -0.25) is 24.3 Å². The number of amides is 1. The van der Waals surface area contributed by atoms with Crippen LogP contribution in [0.15, 0.2) is 65.6 Å². The van der Waals surface area contributed by atoms with Crippen molar-refractivity contribution < 1.29 is 19.1 Å². The maximum atomic E-state index is 13.2. The largest absolute Gasteiger partial charge is 0.481 e. The van der Waals surface area contributed by atoms with Gasteiger partial charge in [-0.2, -0.15) is 5.10 Å². The summed E-state index contributed by atoms with van der Waals surface area (Å²) in [6.07, 6.45) is 3.13. The Morgan fingerprint density at radius 3 is 2.39 bits per heavy atom. The second-order valence-electron chi connectivity index (χ2n) is 11.7. The number of nitrogens with zero attached hydrogens (tertiary/aromatic N) is 4. The van der Waals surface area contributed by atoms with Crippen molar-refractivity contribution in [3.05, 3.63) is 92.6 Å². The maximum Gasteiger partial charge on any atom is 0.319 e. The number of nitrogens with one attached hydrogen (secondary N) is 3. The molecule has 49 heavy (non-hydrogen) atoms. The van der Waals surface area contributed by atoms with Gasteiger partial charge in [0.1, 0.15) is 11.3 Å². The van der Waals surface area contributed by atoms with Crippen LogP contribution in [0.4, 0.5) is 0 Å². The summed E-state index contributed by atoms with van der Waals surface area (Å²) >= 11 is 14.1. The summed E-state index contributed by atoms with van der Waals surface area (Å²) in [6, 6.07) is 17.1. The quantitative estimate of drug-likeness (QED) is 0.162. The van der Waals surface area contributed by atoms with Crippen LogP contribution in [0.25, 0.3) is 39.0 Å². The monoisotopic (exact) mass is 703 g/mol. The molecule has 3 aromatic heterocycles. The topological polar surface area (TPSA) is 141 Å². The van der Waals surface area contributed by atoms with Crippen molar-refractivity contribution >= 4 is 40.6 Å². The van der Waals surface area contributed by atoms with Crippen LogP contribution in [0.5, 0.6) is 5.88 Å². The molecule has 2 aromatic carbocycles. The van der Waals surface area contributed by atoms with E-state index >= 15 is 0 Å². The molecule has 4 heterocycles. The van der Waals surface area contributed by atoms with Gasteiger partial charge in [0.25, 0.3) is 5.56 Å². The zero-order valence-electron chi connectivity index (χ0n) is 27.2. The van der Waals surface area contributed by atoms with Gasteiger partial charge in [-0.05, 0) is 18.6 Å². The minimum Gasteiger partial charge on any atom is -0.481 e. The first-order chi connectivity index (χ1) is 23.7. The third-order valence-corrected chi connectivity index (χ3v) is 9.33. The van der Waals surface area contributed by atoms with Gasteiger partial charge >= 0.3 is 5.97 Å². The highest BCUT2D eigenvalue weighted by Crippen LogP contribution is 2.42. The number of hydrogen-bond acceptors (Lipinski definition) is 9. The van der Waals surface area contributed by atoms with E-state index in [0.29, 0.717) is 80.3 Å². The molecule has 0 spiro atoms. The van der Waals surface area contributed by atoms with E-state index in [4.69, 9.17) is 32.9 Å². The highest BCUT2D eigenvalue weighted by atomic mass is 35.5. The lowest BCUT2D eigenvalue weighted by Gasteiger charge is -2.15. The summed E-state index contributed by atoms with van der Waals surface area (Å²) in [5.74, 6) is 0.592. The van der Waals surface area contributed by atoms with E-state index in [1.807, 2.05) is 48.5 Å². The van der Waals surface area contributed by atoms with Gasteiger partial charge in [0.15, 0.2) is 0 Å². The summed E-state index contributed by atoms with van der Waals surface area (Å²) in [7, 11) is 4.52. The van der Waals surface area contributed by atoms with E-state index in [2.05, 4.69) is 25.8 Å². The second kappa shape index (κ2) is 14.8. The molecule has 14 heteroatoms. The van der Waals surface area contributed by atoms with Crippen LogP contribution in [0.1, 0.15) is 24.2 Å². The molecule has 0 bridgehead atoms. The normalized spacial score (nSPS) is 14.3. The fraction of sp³-hybridized carbons (Fsp3) is 0.286. The number of carbonyl (C=O) groups is 2. The Balaban J connectivity index is 1.27. The number of fused-ring (bicyclic) bond motifs is 1. The first kappa shape index (κ1) is 34.1. The highest BCUT2D eigenvalue weighted by molar-refractivity contribution is 6.39. The van der Waals surface area contributed by atoms with Gasteiger partial charge in [-0.1, -0.05) is 65.7 Å². The molecule has 1 saturated heterocycles. The predicted molar refractivity (Wildman–Crippen MR) is 188 cm³/mol. The molecule has 6 rings (SSSR count). The van der Waals surface area contributed by atoms with E-state index in [9.17, 15) is 14.4 Å². The Kier molecular flexibility index (Phi) is 10.3. The number of methoxy groups -OCH3 is 2. The zero-order chi connectivity index (χ0) is 34.7. The van der Waals surface area contributed by atoms with Crippen molar-refractivity contribution in [3.63, 3.8) is 0 Å². The molecule has 1 amide bonds. The van der Waals surface area contributed by atoms with Gasteiger partial charge < -0.3 is 20.1 Å². The zero-order valence-corrected chi connectivity index (χ0v) is 28.7. The van der Waals surface area contributed by atoms with Crippen LogP contribution in [0.2, 0.25) is 10.0 Å². The smallest absolute Gasteiger partial charge is 0.319 e. The summed E-state index contributed by atoms with van der Waals surface area (Å²) in [5, 5.41) is 14.8. The predicted octanol–water partition coefficient (Wildman–Crippen LogP) is 4.38. The summed E-state index contributed by atoms with van der Waals surface area (Å²) < 4.78 is 13.3. The third-order valence-electron chi connectivity index (χ3n) is 8.51. The van der Waals surface area contributed by atoms with Crippen LogP contribution in [0.3, 0.4) is 0 Å². The number of benzene rings is 2. The van der Waals surface area contributed by atoms with Gasteiger partial charge in [-0.15, -0.1) is 0 Å². The van der Waals surface area contributed by atoms with Crippen molar-refractivity contribution in [3.8, 4) is 39.4 Å². The van der Waals surface area contributed by atoms with Crippen molar-refractivity contribution in [1.29, 1.82) is 0 Å². The lowest BCUT2D eigenvalue weighted by molar-refractivity contribution is -0.139. The number of hydrogen-bond donors (Lipinski definition) is 3. The van der Waals surface area contributed by atoms with E-state index in [1.165, 1.54) is 16.2 Å². The fourth-order valence-electron chi connectivity index (χ4n) is 5.87. The standard InChI is InChI=1S/C35H35Cl2N7O5/c1-43-29(17-39-18-31(46)48-2)42-44-19-21(14-28(44)35(43)47)23-6-4-7-24(32(23)36)25-8-5-9-26(33(25)37)27-12-10-20(34(41-27)49-3)15-38-16-22-11-13-30(45)40-22/h4-10,12,14,19,22,38-39H,11,13,15-18H2,1-3H3,(H,40,45)/t22-/m0/s1. The molecule has 0 unspecified atom stereocenters. The van der Waals surface area contributed by atoms with Crippen LogP contribution in [0, 0.1) is 0 Å². The fourth-order valence-corrected chi connectivity index (χ4v) is 6.53. The minimum absolute atomic E-state index is 0.0107. The van der Waals surface area contributed by atoms with Crippen LogP contribution in [-0.2, 0) is 34.5 Å². The molecule has 1 aliphatic rings. The van der Waals surface area contributed by atoms with E-state index < -0.39 is 5.97 Å². The lowest BCUT2D eigenvalue weighted by Crippen LogP contribution is -2.35. The molecule has 3 N–H and O–H groups in total. The lowest BCUT2D eigenvalue weighted by atomic mass is 9.97. The van der Waals surface area contributed by atoms with Crippen LogP contribution in [-0.4, -0.2) is 64.4 Å². The Hall–Kier alpha value is -4.75. The number of ether oxygens (including phenoxy) is 2. The average molecular weight is 705 g/mol. The molecular formula is C35H35Cl2N7O5. The molecule has 5 aromatic rings. The number of pyridine rings is 1. The summed E-state index contributed by atoms with van der Waals surface area (Å²) in [6.45, 7) is 1.37. The minimum atomic E-state index is -0.416. The van der Waals surface area contributed by atoms with Crippen molar-refractivity contribution in [1.82, 2.24) is 35.1 Å². The van der Waals surface area contributed by atoms with Gasteiger partial charge in [0.2, 0.25) is 11.8 Å². The van der Waals surface area contributed by atoms with Crippen molar-refractivity contribution in [2.24, 2.45) is 7.05 Å². The number of esters is 1. The summed E-state index contributed by atoms with van der Waals surface area (Å²) in [5.41, 5.74) is 5.19. The first-order valence-corrected chi connectivity index (χ1v) is 16.4. The maximum absolute atomic E-state index is 13.2. The molecule has 1 fully saturated rings. The molecule has 1 aliphatic heterocycles. The van der Waals surface area contributed by atoms with Gasteiger partial charge in [0, 0.05) is 72.2 Å². The van der Waals surface area contributed by atoms with Crippen LogP contribution >= 0.6 is 23.2 Å². The van der Waals surface area contributed by atoms with Gasteiger partial charge in [0.05, 0.1) is 43.0 Å². The number of halogens is 2. The molecule has 0 radical (unpaired) electrons. The second-order valence-corrected chi connectivity index (χ2v) is 12.4. The van der Waals surface area contributed by atoms with E-state index in [1.54, 1.807) is 26.4 Å². The van der Waals surface area contributed by atoms with Gasteiger partial charge in [-0.25, -0.2) is 9.50 Å². The SMILES string of the molecule is COC(=O)CNCc1nn2cc(-c3cccc(-c4cccc(-c5ccc(CNC[C@@H]6CCC(=O)N6)c(OC)n5)c4Cl)c3Cl)cc2c(=O)n1C. The van der Waals surface area contributed by atoms with Crippen molar-refractivity contribution in [2.45, 2.75) is 32.0 Å². The molecule has 0 saturated carbocycles. The highest BCUT2D eigenvalue weighted by Gasteiger charge is 2.21. The Bertz CT molecular complexity index is 2110. The van der Waals surface area contributed by atoms with E-state index in [0.717, 1.165) is 12.0 Å². The number of carbonyl (C=O) groups excluding carboxylic acids is 2. The number of rotatable bonds is 12. The van der Waals surface area contributed by atoms with Crippen molar-refractivity contribution in [2.75, 3.05) is 27.3 Å². The van der Waals surface area contributed by atoms with Crippen LogP contribution < -0.4 is 26.2 Å². The first-order valence-electron chi connectivity index (χ1n) is 15.7. The molecule has 0 aliphatic carbocycles. The Morgan fingerprint density at radius 1 is 0.980 bits per heavy atom. The Morgan fingerprint density at radius 2 is 1.69 bits per heavy atom. The van der Waals surface area contributed by atoms with E-state index in [-0.39, 0.29) is 30.6 Å². The summed E-state index contributed by atoms with van der Waals surface area (Å²) in [4.78, 5) is 41.0. The molecular weight excluding hydrogens is 669 g/mol. The third kappa shape index (κ3) is 7.18. The molecule has 12 nitrogen and oxygen atoms in total. The molecule has 254 valence electrons. The average Bonchev–Trinajstić information content (AvgIpc) is 3.73. The number of aromatic nitrogens is 4. The molecule has 1 atom stereocenters. The Labute approximate surface area is 292 Å².